The van der Waals surface area contributed by atoms with Gasteiger partial charge in [-0.3, -0.25) is 24.6 Å². The number of nitrogens with zero attached hydrogens (tertiary/aromatic N) is 1. The Hall–Kier alpha value is -2.67. The number of β-amino-alcohol motifs (C(OH)–C–C–N with tert-alkyl or cyclic N) is 1. The molecular formula is C34H53N5O6S. The first-order chi connectivity index (χ1) is 21.7. The summed E-state index contributed by atoms with van der Waals surface area (Å²) in [6, 6.07) is 7.22. The zero-order valence-corrected chi connectivity index (χ0v) is 29.0. The van der Waals surface area contributed by atoms with Gasteiger partial charge in [-0.15, -0.1) is 11.8 Å². The predicted molar refractivity (Wildman–Crippen MR) is 179 cm³/mol. The summed E-state index contributed by atoms with van der Waals surface area (Å²) in [5.74, 6) is -0.219. The van der Waals surface area contributed by atoms with E-state index in [4.69, 9.17) is 4.74 Å². The number of hydrogen-bond donors (Lipinski definition) is 5. The summed E-state index contributed by atoms with van der Waals surface area (Å²) in [5, 5.41) is 22.5. The average Bonchev–Trinajstić information content (AvgIpc) is 3.32. The molecule has 1 saturated carbocycles. The molecule has 1 aromatic rings. The fourth-order valence-corrected chi connectivity index (χ4v) is 8.51. The lowest BCUT2D eigenvalue weighted by Gasteiger charge is -2.46. The second-order valence-electron chi connectivity index (χ2n) is 14.6. The Morgan fingerprint density at radius 1 is 1.09 bits per heavy atom. The highest BCUT2D eigenvalue weighted by atomic mass is 32.2. The van der Waals surface area contributed by atoms with Crippen LogP contribution in [0.15, 0.2) is 30.3 Å². The number of aliphatic hydroxyl groups is 1. The van der Waals surface area contributed by atoms with Crippen molar-refractivity contribution in [2.24, 2.45) is 11.8 Å². The van der Waals surface area contributed by atoms with Crippen molar-refractivity contribution in [3.05, 3.63) is 35.9 Å². The molecule has 3 amide bonds. The minimum absolute atomic E-state index is 0.0104. The van der Waals surface area contributed by atoms with Crippen LogP contribution in [0.5, 0.6) is 0 Å². The highest BCUT2D eigenvalue weighted by molar-refractivity contribution is 8.01. The van der Waals surface area contributed by atoms with Crippen LogP contribution in [0.25, 0.3) is 0 Å². The van der Waals surface area contributed by atoms with Crippen LogP contribution in [0, 0.1) is 11.8 Å². The molecular weight excluding hydrogens is 606 g/mol. The summed E-state index contributed by atoms with van der Waals surface area (Å²) in [5.41, 5.74) is 0.462. The lowest BCUT2D eigenvalue weighted by atomic mass is 9.72. The number of esters is 1. The van der Waals surface area contributed by atoms with Crippen LogP contribution < -0.4 is 21.3 Å². The number of ether oxygens (including phenoxy) is 1. The molecule has 12 heteroatoms. The third-order valence-corrected chi connectivity index (χ3v) is 10.8. The van der Waals surface area contributed by atoms with Gasteiger partial charge in [0.25, 0.3) is 0 Å². The minimum atomic E-state index is -1.01. The minimum Gasteiger partial charge on any atom is -0.467 e. The van der Waals surface area contributed by atoms with E-state index in [9.17, 15) is 24.3 Å². The molecule has 3 aliphatic rings. The van der Waals surface area contributed by atoms with Crippen LogP contribution in [0.3, 0.4) is 0 Å². The molecule has 3 fully saturated rings. The zero-order chi connectivity index (χ0) is 33.6. The maximum Gasteiger partial charge on any atom is 0.330 e. The number of rotatable bonds is 11. The molecule has 4 rings (SSSR count). The lowest BCUT2D eigenvalue weighted by molar-refractivity contribution is -0.145. The number of aliphatic hydroxyl groups excluding tert-OH is 1. The Morgan fingerprint density at radius 3 is 2.41 bits per heavy atom. The van der Waals surface area contributed by atoms with Crippen LogP contribution in [0.1, 0.15) is 72.3 Å². The van der Waals surface area contributed by atoms with Crippen LogP contribution in [-0.2, 0) is 30.3 Å². The topological polar surface area (TPSA) is 149 Å². The SMILES string of the molecule is COC(=O)C(NC(=O)Cc1ccccc1)[C@@H]1N[C@@H](C(=O)NC[C@H](O)CN2C[C@H]3CCCC[C@H]3C[C@H]2C(=O)NC(C)(C)C)C(C)(C)S1. The largest absolute Gasteiger partial charge is 0.467 e. The highest BCUT2D eigenvalue weighted by Gasteiger charge is 2.49. The predicted octanol–water partition coefficient (Wildman–Crippen LogP) is 1.97. The van der Waals surface area contributed by atoms with Gasteiger partial charge < -0.3 is 25.8 Å². The van der Waals surface area contributed by atoms with Crippen molar-refractivity contribution in [1.29, 1.82) is 0 Å². The van der Waals surface area contributed by atoms with E-state index in [1.807, 2.05) is 65.0 Å². The van der Waals surface area contributed by atoms with Crippen molar-refractivity contribution < 1.29 is 29.0 Å². The van der Waals surface area contributed by atoms with Gasteiger partial charge >= 0.3 is 5.97 Å². The van der Waals surface area contributed by atoms with Crippen molar-refractivity contribution in [3.8, 4) is 0 Å². The van der Waals surface area contributed by atoms with Gasteiger partial charge in [0.1, 0.15) is 6.04 Å². The van der Waals surface area contributed by atoms with Gasteiger partial charge in [-0.2, -0.15) is 0 Å². The van der Waals surface area contributed by atoms with Gasteiger partial charge in [0, 0.05) is 29.9 Å². The molecule has 0 radical (unpaired) electrons. The third kappa shape index (κ3) is 9.68. The van der Waals surface area contributed by atoms with Gasteiger partial charge in [0.2, 0.25) is 17.7 Å². The number of nitrogens with one attached hydrogen (secondary N) is 4. The Labute approximate surface area is 277 Å². The van der Waals surface area contributed by atoms with Crippen LogP contribution >= 0.6 is 11.8 Å². The van der Waals surface area contributed by atoms with E-state index >= 15 is 0 Å². The maximum absolute atomic E-state index is 13.5. The fourth-order valence-electron chi connectivity index (χ4n) is 7.02. The number of benzene rings is 1. The van der Waals surface area contributed by atoms with Gasteiger partial charge in [-0.05, 0) is 64.9 Å². The molecule has 1 unspecified atom stereocenters. The number of thioether (sulfide) groups is 1. The van der Waals surface area contributed by atoms with E-state index < -0.39 is 34.3 Å². The Balaban J connectivity index is 1.35. The van der Waals surface area contributed by atoms with Crippen molar-refractivity contribution in [2.75, 3.05) is 26.7 Å². The second-order valence-corrected chi connectivity index (χ2v) is 16.4. The molecule has 256 valence electrons. The van der Waals surface area contributed by atoms with Gasteiger partial charge in [-0.25, -0.2) is 4.79 Å². The van der Waals surface area contributed by atoms with Crippen LogP contribution in [0.2, 0.25) is 0 Å². The molecule has 0 spiro atoms. The number of hydrogen-bond acceptors (Lipinski definition) is 9. The number of methoxy groups -OCH3 is 1. The summed E-state index contributed by atoms with van der Waals surface area (Å²) >= 11 is 1.38. The van der Waals surface area contributed by atoms with Gasteiger partial charge in [-0.1, -0.05) is 49.6 Å². The lowest BCUT2D eigenvalue weighted by Crippen LogP contribution is -2.59. The van der Waals surface area contributed by atoms with Crippen molar-refractivity contribution in [3.63, 3.8) is 0 Å². The number of carbonyl (C=O) groups is 4. The number of amides is 3. The summed E-state index contributed by atoms with van der Waals surface area (Å²) in [6.07, 6.45) is 4.71. The molecule has 2 aliphatic heterocycles. The smallest absolute Gasteiger partial charge is 0.330 e. The fraction of sp³-hybridized carbons (Fsp3) is 0.706. The molecule has 1 aromatic carbocycles. The number of likely N-dealkylation sites (tertiary alicyclic amines) is 1. The van der Waals surface area contributed by atoms with E-state index in [0.29, 0.717) is 11.8 Å². The van der Waals surface area contributed by atoms with E-state index in [0.717, 1.165) is 31.4 Å². The number of carbonyl (C=O) groups excluding carboxylic acids is 4. The van der Waals surface area contributed by atoms with E-state index in [-0.39, 0.29) is 48.8 Å². The first-order valence-electron chi connectivity index (χ1n) is 16.5. The van der Waals surface area contributed by atoms with Crippen molar-refractivity contribution in [1.82, 2.24) is 26.2 Å². The monoisotopic (exact) mass is 659 g/mol. The van der Waals surface area contributed by atoms with Gasteiger partial charge in [0.05, 0.1) is 31.1 Å². The Morgan fingerprint density at radius 2 is 1.76 bits per heavy atom. The summed E-state index contributed by atoms with van der Waals surface area (Å²) in [4.78, 5) is 54.5. The third-order valence-electron chi connectivity index (χ3n) is 9.26. The molecule has 1 aliphatic carbocycles. The first kappa shape index (κ1) is 36.2. The first-order valence-corrected chi connectivity index (χ1v) is 17.4. The molecule has 46 heavy (non-hydrogen) atoms. The summed E-state index contributed by atoms with van der Waals surface area (Å²) in [7, 11) is 1.27. The van der Waals surface area contributed by atoms with E-state index in [2.05, 4.69) is 26.2 Å². The molecule has 0 bridgehead atoms. The average molecular weight is 660 g/mol. The van der Waals surface area contributed by atoms with E-state index in [1.54, 1.807) is 0 Å². The Bertz CT molecular complexity index is 1220. The van der Waals surface area contributed by atoms with E-state index in [1.165, 1.54) is 31.7 Å². The summed E-state index contributed by atoms with van der Waals surface area (Å²) < 4.78 is 4.37. The summed E-state index contributed by atoms with van der Waals surface area (Å²) in [6.45, 7) is 10.8. The highest BCUT2D eigenvalue weighted by Crippen LogP contribution is 2.40. The number of fused-ring (bicyclic) bond motifs is 1. The number of piperidine rings is 1. The van der Waals surface area contributed by atoms with Crippen LogP contribution in [0.4, 0.5) is 0 Å². The van der Waals surface area contributed by atoms with Gasteiger partial charge in [0.15, 0.2) is 6.04 Å². The zero-order valence-electron chi connectivity index (χ0n) is 28.1. The molecule has 0 aromatic heterocycles. The second kappa shape index (κ2) is 15.5. The molecule has 11 nitrogen and oxygen atoms in total. The Kier molecular flexibility index (Phi) is 12.2. The quantitative estimate of drug-likeness (QED) is 0.225. The standard InChI is InChI=1S/C34H53N5O6S/c1-33(2,3)38-29(42)25-17-22-14-10-11-15-23(22)19-39(25)20-24(40)18-35-30(43)28-34(4,5)46-31(37-28)27(32(44)45-6)36-26(41)16-21-12-8-7-9-13-21/h7-9,12-13,22-25,27-28,31,37,40H,10-11,14-20H2,1-6H3,(H,35,43)(H,36,41)(H,38,42)/t22-,23+,24-,25-,27?,28-,31+/m0/s1. The van der Waals surface area contributed by atoms with Crippen LogP contribution in [-0.4, -0.2) is 100 Å². The van der Waals surface area contributed by atoms with Crippen molar-refractivity contribution in [2.45, 2.75) is 113 Å². The molecule has 2 saturated heterocycles. The molecule has 5 N–H and O–H groups in total. The molecule has 7 atom stereocenters. The normalized spacial score (nSPS) is 27.5. The maximum atomic E-state index is 13.5. The van der Waals surface area contributed by atoms with Crippen molar-refractivity contribution >= 4 is 35.5 Å². The molecule has 2 heterocycles.